The van der Waals surface area contributed by atoms with Gasteiger partial charge in [0, 0.05) is 49.7 Å². The van der Waals surface area contributed by atoms with E-state index in [4.69, 9.17) is 13.1 Å². The number of sulfonamides is 1. The SMILES string of the molecule is Cl.[C-]#[N+]c1cnc(-c2ccc(C(F)(F)F)cn2)cc1CCC(=O)[C@@H]1[C@@H](F)CCN1S(=O)(=O)c1ccc(F)cc1.[C-]#[N+]c1cnc(-c2ccc(C(F)(F)F)nc2)cc1CCC(=O)[C@H]1NCC[C@@H]1F. The van der Waals surface area contributed by atoms with Crippen LogP contribution in [0.3, 0.4) is 0 Å². The van der Waals surface area contributed by atoms with Gasteiger partial charge in [0.05, 0.1) is 46.7 Å². The van der Waals surface area contributed by atoms with E-state index in [-0.39, 0.29) is 84.5 Å². The number of benzene rings is 1. The van der Waals surface area contributed by atoms with Gasteiger partial charge < -0.3 is 5.32 Å². The molecule has 0 aliphatic carbocycles. The number of hydrogen-bond donors (Lipinski definition) is 1. The number of halogens is 10. The molecule has 2 fully saturated rings. The standard InChI is InChI=1S/C25H19F5N4O3S.C19H16F4N4O.ClH/c1-31-22-14-33-21(20-8-3-16(13-32-20)25(28,29)30)12-15(22)2-9-23(35)24-19(27)10-11-34(24)38(36,37)18-6-4-17(26)5-7-18;1-24-15-10-26-14(12-3-5-17(27-9-12)19(21,22)23)8-11(15)2-4-16(28)18-13(20)6-7-25-18;/h3-8,12-14,19,24H,2,9-11H2;3,5,8-10,13,18,25H,2,4,6-7H2;1H/t19-,24-;13-,18-;/m00./s1. The van der Waals surface area contributed by atoms with Crippen LogP contribution in [0.4, 0.5) is 50.9 Å². The predicted octanol–water partition coefficient (Wildman–Crippen LogP) is 9.49. The first-order valence-electron chi connectivity index (χ1n) is 19.9. The van der Waals surface area contributed by atoms with Crippen LogP contribution in [0.25, 0.3) is 32.3 Å². The second-order valence-electron chi connectivity index (χ2n) is 15.0. The number of carbonyl (C=O) groups is 2. The number of ketones is 2. The minimum atomic E-state index is -4.56. The van der Waals surface area contributed by atoms with Gasteiger partial charge in [-0.05, 0) is 104 Å². The van der Waals surface area contributed by atoms with E-state index < -0.39 is 69.7 Å². The second-order valence-corrected chi connectivity index (χ2v) is 16.9. The van der Waals surface area contributed by atoms with E-state index in [0.717, 1.165) is 53.0 Å². The molecular formula is C44H36ClF9N8O4S. The number of alkyl halides is 8. The highest BCUT2D eigenvalue weighted by atomic mass is 35.5. The van der Waals surface area contributed by atoms with Crippen LogP contribution >= 0.6 is 12.4 Å². The number of aromatic nitrogens is 4. The van der Waals surface area contributed by atoms with Gasteiger partial charge in [-0.1, -0.05) is 0 Å². The van der Waals surface area contributed by atoms with Crippen LogP contribution in [-0.4, -0.2) is 81.7 Å². The molecule has 2 saturated heterocycles. The zero-order valence-corrected chi connectivity index (χ0v) is 36.2. The van der Waals surface area contributed by atoms with Crippen molar-refractivity contribution in [3.8, 4) is 22.6 Å². The Morgan fingerprint density at radius 1 is 0.716 bits per heavy atom. The molecule has 4 aromatic heterocycles. The first-order chi connectivity index (χ1) is 31.2. The first kappa shape index (κ1) is 51.7. The number of hydrogen-bond acceptors (Lipinski definition) is 9. The molecule has 2 aliphatic rings. The van der Waals surface area contributed by atoms with Crippen molar-refractivity contribution in [1.82, 2.24) is 29.6 Å². The summed E-state index contributed by atoms with van der Waals surface area (Å²) < 4.78 is 145. The Hall–Kier alpha value is -6.33. The number of nitrogens with zero attached hydrogens (tertiary/aromatic N) is 7. The summed E-state index contributed by atoms with van der Waals surface area (Å²) in [5, 5.41) is 2.83. The van der Waals surface area contributed by atoms with E-state index >= 15 is 0 Å². The summed E-state index contributed by atoms with van der Waals surface area (Å²) in [6.07, 6.45) is -7.85. The zero-order valence-electron chi connectivity index (χ0n) is 34.5. The Labute approximate surface area is 383 Å². The normalized spacial score (nSPS) is 18.5. The van der Waals surface area contributed by atoms with Crippen molar-refractivity contribution in [3.05, 3.63) is 136 Å². The molecule has 12 nitrogen and oxygen atoms in total. The molecule has 4 atom stereocenters. The lowest BCUT2D eigenvalue weighted by atomic mass is 10.00. The third kappa shape index (κ3) is 12.4. The molecule has 5 aromatic rings. The van der Waals surface area contributed by atoms with Crippen molar-refractivity contribution >= 4 is 45.4 Å². The fourth-order valence-electron chi connectivity index (χ4n) is 7.21. The summed E-state index contributed by atoms with van der Waals surface area (Å²) in [6.45, 7) is 14.8. The van der Waals surface area contributed by atoms with Crippen LogP contribution < -0.4 is 5.32 Å². The van der Waals surface area contributed by atoms with Crippen LogP contribution in [0.2, 0.25) is 0 Å². The Morgan fingerprint density at radius 2 is 1.31 bits per heavy atom. The maximum absolute atomic E-state index is 14.7. The summed E-state index contributed by atoms with van der Waals surface area (Å²) in [4.78, 5) is 47.0. The van der Waals surface area contributed by atoms with Gasteiger partial charge in [-0.2, -0.15) is 30.6 Å². The lowest BCUT2D eigenvalue weighted by molar-refractivity contribution is -0.141. The maximum Gasteiger partial charge on any atom is 0.433 e. The first-order valence-corrected chi connectivity index (χ1v) is 21.3. The fraction of sp³-hybridized carbons (Fsp3) is 0.318. The molecule has 7 rings (SSSR count). The van der Waals surface area contributed by atoms with Crippen LogP contribution in [0.1, 0.15) is 48.1 Å². The molecule has 67 heavy (non-hydrogen) atoms. The Balaban J connectivity index is 0.000000258. The second kappa shape index (κ2) is 21.5. The van der Waals surface area contributed by atoms with E-state index in [1.165, 1.54) is 24.5 Å². The minimum Gasteiger partial charge on any atom is -0.305 e. The highest BCUT2D eigenvalue weighted by molar-refractivity contribution is 7.89. The maximum atomic E-state index is 14.7. The van der Waals surface area contributed by atoms with Crippen molar-refractivity contribution < 1.29 is 57.5 Å². The molecule has 2 aliphatic heterocycles. The quantitative estimate of drug-likeness (QED) is 0.0955. The summed E-state index contributed by atoms with van der Waals surface area (Å²) in [6, 6.07) is 8.60. The molecule has 0 radical (unpaired) electrons. The summed E-state index contributed by atoms with van der Waals surface area (Å²) >= 11 is 0. The van der Waals surface area contributed by atoms with Crippen LogP contribution in [0, 0.1) is 19.0 Å². The molecule has 6 heterocycles. The Kier molecular flexibility index (Phi) is 16.6. The number of aryl methyl sites for hydroxylation is 2. The number of nitrogens with one attached hydrogen (secondary N) is 1. The third-order valence-electron chi connectivity index (χ3n) is 10.7. The zero-order chi connectivity index (χ0) is 48.0. The van der Waals surface area contributed by atoms with Crippen molar-refractivity contribution in [3.63, 3.8) is 0 Å². The van der Waals surface area contributed by atoms with Crippen LogP contribution in [-0.2, 0) is 44.8 Å². The molecular weight excluding hydrogens is 943 g/mol. The number of pyridine rings is 4. The van der Waals surface area contributed by atoms with Crippen LogP contribution in [0.15, 0.2) is 90.3 Å². The van der Waals surface area contributed by atoms with Gasteiger partial charge in [-0.15, -0.1) is 12.4 Å². The predicted molar refractivity (Wildman–Crippen MR) is 226 cm³/mol. The molecule has 23 heteroatoms. The summed E-state index contributed by atoms with van der Waals surface area (Å²) in [7, 11) is -4.28. The van der Waals surface area contributed by atoms with Gasteiger partial charge in [0.1, 0.15) is 29.9 Å². The topological polar surface area (TPSA) is 144 Å². The molecule has 1 N–H and O–H groups in total. The van der Waals surface area contributed by atoms with Gasteiger partial charge in [-0.3, -0.25) is 29.5 Å². The van der Waals surface area contributed by atoms with Gasteiger partial charge in [-0.25, -0.2) is 31.3 Å². The highest BCUT2D eigenvalue weighted by Gasteiger charge is 2.45. The monoisotopic (exact) mass is 978 g/mol. The molecule has 0 saturated carbocycles. The fourth-order valence-corrected chi connectivity index (χ4v) is 8.86. The largest absolute Gasteiger partial charge is 0.433 e. The summed E-state index contributed by atoms with van der Waals surface area (Å²) in [5.41, 5.74) is 0.198. The molecule has 0 bridgehead atoms. The Bertz CT molecular complexity index is 2770. The van der Waals surface area contributed by atoms with Crippen molar-refractivity contribution in [2.45, 2.75) is 80.2 Å². The van der Waals surface area contributed by atoms with Crippen molar-refractivity contribution in [2.24, 2.45) is 0 Å². The minimum absolute atomic E-state index is 0. The lowest BCUT2D eigenvalue weighted by Crippen LogP contribution is -2.44. The van der Waals surface area contributed by atoms with Gasteiger partial charge in [0.15, 0.2) is 11.6 Å². The van der Waals surface area contributed by atoms with Crippen LogP contribution in [0.5, 0.6) is 0 Å². The summed E-state index contributed by atoms with van der Waals surface area (Å²) in [5.74, 6) is -1.63. The lowest BCUT2D eigenvalue weighted by Gasteiger charge is -2.24. The number of Topliss-reactive ketones (excluding diaryl/α,β-unsaturated/α-hetero) is 2. The number of carbonyl (C=O) groups excluding carboxylic acids is 2. The smallest absolute Gasteiger partial charge is 0.305 e. The van der Waals surface area contributed by atoms with E-state index in [0.29, 0.717) is 41.5 Å². The highest BCUT2D eigenvalue weighted by Crippen LogP contribution is 2.34. The van der Waals surface area contributed by atoms with E-state index in [9.17, 15) is 57.5 Å². The van der Waals surface area contributed by atoms with Gasteiger partial charge in [0.2, 0.25) is 21.4 Å². The number of rotatable bonds is 12. The van der Waals surface area contributed by atoms with E-state index in [2.05, 4.69) is 34.9 Å². The van der Waals surface area contributed by atoms with Gasteiger partial charge >= 0.3 is 12.4 Å². The van der Waals surface area contributed by atoms with Crippen molar-refractivity contribution in [2.75, 3.05) is 13.1 Å². The van der Waals surface area contributed by atoms with Crippen molar-refractivity contribution in [1.29, 1.82) is 0 Å². The third-order valence-corrected chi connectivity index (χ3v) is 12.6. The molecule has 0 amide bonds. The average Bonchev–Trinajstić information content (AvgIpc) is 3.92. The Morgan fingerprint density at radius 3 is 1.84 bits per heavy atom. The van der Waals surface area contributed by atoms with Gasteiger partial charge in [0.25, 0.3) is 0 Å². The average molecular weight is 979 g/mol. The van der Waals surface area contributed by atoms with E-state index in [1.54, 1.807) is 6.07 Å². The molecule has 352 valence electrons. The molecule has 0 spiro atoms. The molecule has 1 aromatic carbocycles. The molecule has 0 unspecified atom stereocenters. The van der Waals surface area contributed by atoms with E-state index in [1.807, 2.05) is 0 Å².